The molecule has 134 valence electrons. The summed E-state index contributed by atoms with van der Waals surface area (Å²) in [7, 11) is 0. The zero-order valence-electron chi connectivity index (χ0n) is 14.1. The van der Waals surface area contributed by atoms with Crippen molar-refractivity contribution in [1.29, 1.82) is 0 Å². The average Bonchev–Trinajstić information content (AvgIpc) is 3.08. The Morgan fingerprint density at radius 2 is 1.85 bits per heavy atom. The Morgan fingerprint density at radius 3 is 2.63 bits per heavy atom. The van der Waals surface area contributed by atoms with Gasteiger partial charge in [-0.1, -0.05) is 45.4 Å². The van der Waals surface area contributed by atoms with Crippen molar-refractivity contribution in [2.75, 3.05) is 5.32 Å². The first-order valence-corrected chi connectivity index (χ1v) is 9.03. The van der Waals surface area contributed by atoms with E-state index in [4.69, 9.17) is 0 Å². The smallest absolute Gasteiger partial charge is 0.255 e. The highest BCUT2D eigenvalue weighted by atomic mass is 79.9. The van der Waals surface area contributed by atoms with Crippen LogP contribution in [0.4, 0.5) is 10.1 Å². The first-order chi connectivity index (χ1) is 13.1. The second-order valence-corrected chi connectivity index (χ2v) is 6.93. The number of nitrogens with one attached hydrogen (secondary N) is 1. The molecule has 1 heterocycles. The molecule has 3 aromatic carbocycles. The van der Waals surface area contributed by atoms with E-state index < -0.39 is 5.82 Å². The molecule has 27 heavy (non-hydrogen) atoms. The van der Waals surface area contributed by atoms with Gasteiger partial charge in [0.1, 0.15) is 11.3 Å². The van der Waals surface area contributed by atoms with E-state index in [-0.39, 0.29) is 11.6 Å². The molecule has 1 N–H and O–H groups in total. The van der Waals surface area contributed by atoms with Gasteiger partial charge in [-0.05, 0) is 48.0 Å². The van der Waals surface area contributed by atoms with E-state index in [2.05, 4.69) is 31.6 Å². The van der Waals surface area contributed by atoms with E-state index in [1.165, 1.54) is 12.1 Å². The van der Waals surface area contributed by atoms with E-state index in [9.17, 15) is 9.18 Å². The van der Waals surface area contributed by atoms with E-state index >= 15 is 0 Å². The van der Waals surface area contributed by atoms with Crippen LogP contribution in [0.5, 0.6) is 0 Å². The third-order valence-corrected chi connectivity index (χ3v) is 4.64. The molecule has 1 amide bonds. The van der Waals surface area contributed by atoms with Gasteiger partial charge in [-0.2, -0.15) is 0 Å². The van der Waals surface area contributed by atoms with E-state index in [1.54, 1.807) is 18.2 Å². The standard InChI is InChI=1S/C20H14BrFN4O/c21-15-9-10-17(16(22)11-15)23-20(27)14-7-5-13(6-8-14)12-26-19-4-2-1-3-18(19)24-25-26/h1-11H,12H2,(H,23,27). The number of aromatic nitrogens is 3. The van der Waals surface area contributed by atoms with Crippen LogP contribution >= 0.6 is 15.9 Å². The molecule has 0 unspecified atom stereocenters. The van der Waals surface area contributed by atoms with Crippen molar-refractivity contribution in [3.8, 4) is 0 Å². The molecule has 0 aliphatic heterocycles. The largest absolute Gasteiger partial charge is 0.319 e. The van der Waals surface area contributed by atoms with Gasteiger partial charge in [-0.25, -0.2) is 9.07 Å². The first kappa shape index (κ1) is 17.4. The fraction of sp³-hybridized carbons (Fsp3) is 0.0500. The van der Waals surface area contributed by atoms with Gasteiger partial charge in [0.25, 0.3) is 5.91 Å². The van der Waals surface area contributed by atoms with Gasteiger partial charge in [0.05, 0.1) is 17.7 Å². The molecule has 0 spiro atoms. The van der Waals surface area contributed by atoms with E-state index in [1.807, 2.05) is 41.1 Å². The lowest BCUT2D eigenvalue weighted by molar-refractivity contribution is 0.102. The van der Waals surface area contributed by atoms with Crippen LogP contribution < -0.4 is 5.32 Å². The second-order valence-electron chi connectivity index (χ2n) is 6.01. The summed E-state index contributed by atoms with van der Waals surface area (Å²) < 4.78 is 16.3. The van der Waals surface area contributed by atoms with Crippen LogP contribution in [0.2, 0.25) is 0 Å². The number of halogens is 2. The molecule has 1 aromatic heterocycles. The van der Waals surface area contributed by atoms with Crippen molar-refractivity contribution in [2.24, 2.45) is 0 Å². The molecule has 0 radical (unpaired) electrons. The highest BCUT2D eigenvalue weighted by Gasteiger charge is 2.10. The molecule has 0 aliphatic rings. The van der Waals surface area contributed by atoms with Gasteiger partial charge in [0, 0.05) is 10.0 Å². The molecule has 0 saturated carbocycles. The minimum absolute atomic E-state index is 0.140. The van der Waals surface area contributed by atoms with Crippen LogP contribution in [-0.4, -0.2) is 20.9 Å². The summed E-state index contributed by atoms with van der Waals surface area (Å²) in [6.07, 6.45) is 0. The maximum atomic E-state index is 13.9. The zero-order chi connectivity index (χ0) is 18.8. The number of fused-ring (bicyclic) bond motifs is 1. The van der Waals surface area contributed by atoms with Gasteiger partial charge < -0.3 is 5.32 Å². The third-order valence-electron chi connectivity index (χ3n) is 4.15. The number of carbonyl (C=O) groups excluding carboxylic acids is 1. The highest BCUT2D eigenvalue weighted by molar-refractivity contribution is 9.10. The topological polar surface area (TPSA) is 59.8 Å². The molecular formula is C20H14BrFN4O. The summed E-state index contributed by atoms with van der Waals surface area (Å²) >= 11 is 3.19. The predicted octanol–water partition coefficient (Wildman–Crippen LogP) is 4.63. The summed E-state index contributed by atoms with van der Waals surface area (Å²) in [4.78, 5) is 12.3. The number of rotatable bonds is 4. The summed E-state index contributed by atoms with van der Waals surface area (Å²) in [5, 5.41) is 10.9. The van der Waals surface area contributed by atoms with Crippen molar-refractivity contribution in [3.05, 3.63) is 88.1 Å². The summed E-state index contributed by atoms with van der Waals surface area (Å²) in [5.74, 6) is -0.860. The monoisotopic (exact) mass is 424 g/mol. The minimum atomic E-state index is -0.493. The Kier molecular flexibility index (Phi) is 4.68. The fourth-order valence-corrected chi connectivity index (χ4v) is 3.09. The predicted molar refractivity (Wildman–Crippen MR) is 105 cm³/mol. The minimum Gasteiger partial charge on any atom is -0.319 e. The Morgan fingerprint density at radius 1 is 1.07 bits per heavy atom. The molecule has 0 saturated heterocycles. The lowest BCUT2D eigenvalue weighted by Crippen LogP contribution is -2.13. The van der Waals surface area contributed by atoms with Gasteiger partial charge in [-0.3, -0.25) is 4.79 Å². The van der Waals surface area contributed by atoms with Gasteiger partial charge >= 0.3 is 0 Å². The fourth-order valence-electron chi connectivity index (χ4n) is 2.75. The average molecular weight is 425 g/mol. The Bertz CT molecular complexity index is 1120. The van der Waals surface area contributed by atoms with E-state index in [0.717, 1.165) is 16.6 Å². The molecular weight excluding hydrogens is 411 g/mol. The number of benzene rings is 3. The number of nitrogens with zero attached hydrogens (tertiary/aromatic N) is 3. The number of hydrogen-bond acceptors (Lipinski definition) is 3. The molecule has 0 atom stereocenters. The summed E-state index contributed by atoms with van der Waals surface area (Å²) in [6, 6.07) is 19.3. The molecule has 0 fully saturated rings. The number of amides is 1. The number of carbonyl (C=O) groups is 1. The van der Waals surface area contributed by atoms with Crippen LogP contribution in [0.15, 0.2) is 71.2 Å². The van der Waals surface area contributed by atoms with Crippen molar-refractivity contribution in [1.82, 2.24) is 15.0 Å². The zero-order valence-corrected chi connectivity index (χ0v) is 15.6. The number of hydrogen-bond donors (Lipinski definition) is 1. The van der Waals surface area contributed by atoms with E-state index in [0.29, 0.717) is 16.6 Å². The Balaban J connectivity index is 1.49. The van der Waals surface area contributed by atoms with Gasteiger partial charge in [-0.15, -0.1) is 5.10 Å². The molecule has 5 nitrogen and oxygen atoms in total. The lowest BCUT2D eigenvalue weighted by atomic mass is 10.1. The number of para-hydroxylation sites is 1. The van der Waals surface area contributed by atoms with Crippen molar-refractivity contribution < 1.29 is 9.18 Å². The summed E-state index contributed by atoms with van der Waals surface area (Å²) in [5.41, 5.74) is 3.36. The van der Waals surface area contributed by atoms with Crippen LogP contribution in [0.25, 0.3) is 11.0 Å². The quantitative estimate of drug-likeness (QED) is 0.519. The van der Waals surface area contributed by atoms with Crippen LogP contribution in [0.1, 0.15) is 15.9 Å². The SMILES string of the molecule is O=C(Nc1ccc(Br)cc1F)c1ccc(Cn2nnc3ccccc32)cc1. The molecule has 7 heteroatoms. The second kappa shape index (κ2) is 7.28. The highest BCUT2D eigenvalue weighted by Crippen LogP contribution is 2.20. The molecule has 0 aliphatic carbocycles. The molecule has 4 aromatic rings. The van der Waals surface area contributed by atoms with Crippen LogP contribution in [-0.2, 0) is 6.54 Å². The van der Waals surface area contributed by atoms with Gasteiger partial charge in [0.15, 0.2) is 0 Å². The molecule has 0 bridgehead atoms. The van der Waals surface area contributed by atoms with Crippen molar-refractivity contribution >= 4 is 38.6 Å². The summed E-state index contributed by atoms with van der Waals surface area (Å²) in [6.45, 7) is 0.545. The van der Waals surface area contributed by atoms with Crippen LogP contribution in [0, 0.1) is 5.82 Å². The van der Waals surface area contributed by atoms with Crippen molar-refractivity contribution in [3.63, 3.8) is 0 Å². The third kappa shape index (κ3) is 3.73. The Hall–Kier alpha value is -3.06. The molecule has 4 rings (SSSR count). The normalized spacial score (nSPS) is 10.9. The van der Waals surface area contributed by atoms with Crippen LogP contribution in [0.3, 0.4) is 0 Å². The first-order valence-electron chi connectivity index (χ1n) is 8.24. The van der Waals surface area contributed by atoms with Crippen molar-refractivity contribution in [2.45, 2.75) is 6.54 Å². The maximum absolute atomic E-state index is 13.9. The lowest BCUT2D eigenvalue weighted by Gasteiger charge is -2.08. The number of anilines is 1. The maximum Gasteiger partial charge on any atom is 0.255 e. The van der Waals surface area contributed by atoms with Gasteiger partial charge in [0.2, 0.25) is 0 Å². The Labute approximate surface area is 162 Å².